The zero-order valence-corrected chi connectivity index (χ0v) is 13.1. The predicted octanol–water partition coefficient (Wildman–Crippen LogP) is 1.31. The number of nitrogens with one attached hydrogen (secondary N) is 1. The molecule has 3 rings (SSSR count). The standard InChI is InChI=1S/C11H8N4O2.C2H5NO.C2H6/c16-9-8(7-4-2-1-3-5-7)10(17)15-11(14-9)12-6-13-15;1-2(3)4;1-2/h1-6,17H,(H,12,13,14,16);1H3,(H2,3,4);1-2H3. The summed E-state index contributed by atoms with van der Waals surface area (Å²) in [5.41, 5.74) is 4.89. The third-order valence-electron chi connectivity index (χ3n) is 2.49. The number of aromatic amines is 1. The number of hydrogen-bond donors (Lipinski definition) is 3. The summed E-state index contributed by atoms with van der Waals surface area (Å²) in [5, 5.41) is 13.8. The van der Waals surface area contributed by atoms with Crippen LogP contribution in [0.25, 0.3) is 16.9 Å². The number of fused-ring (bicyclic) bond motifs is 1. The van der Waals surface area contributed by atoms with Crippen molar-refractivity contribution in [2.24, 2.45) is 5.73 Å². The Bertz CT molecular complexity index is 820. The molecule has 0 atom stereocenters. The number of nitrogens with zero attached hydrogens (tertiary/aromatic N) is 3. The van der Waals surface area contributed by atoms with Crippen molar-refractivity contribution < 1.29 is 9.90 Å². The number of rotatable bonds is 1. The molecule has 1 aromatic carbocycles. The first-order chi connectivity index (χ1) is 11.0. The average Bonchev–Trinajstić information content (AvgIpc) is 2.98. The molecule has 0 aliphatic rings. The van der Waals surface area contributed by atoms with Gasteiger partial charge < -0.3 is 10.8 Å². The SMILES string of the molecule is CC.CC(N)=O.O=c1[nH]c2ncnn2c(O)c1-c1ccccc1. The van der Waals surface area contributed by atoms with Gasteiger partial charge in [-0.05, 0) is 5.56 Å². The highest BCUT2D eigenvalue weighted by atomic mass is 16.3. The highest BCUT2D eigenvalue weighted by Gasteiger charge is 2.14. The fraction of sp³-hybridized carbons (Fsp3) is 0.200. The van der Waals surface area contributed by atoms with Gasteiger partial charge in [-0.25, -0.2) is 0 Å². The van der Waals surface area contributed by atoms with Gasteiger partial charge in [0.05, 0.1) is 0 Å². The lowest BCUT2D eigenvalue weighted by molar-refractivity contribution is -0.115. The first kappa shape index (κ1) is 17.9. The van der Waals surface area contributed by atoms with E-state index in [1.807, 2.05) is 19.9 Å². The molecule has 2 aromatic heterocycles. The third-order valence-corrected chi connectivity index (χ3v) is 2.49. The van der Waals surface area contributed by atoms with Crippen molar-refractivity contribution in [3.63, 3.8) is 0 Å². The van der Waals surface area contributed by atoms with Crippen LogP contribution in [-0.4, -0.2) is 30.6 Å². The normalized spacial score (nSPS) is 9.35. The molecule has 4 N–H and O–H groups in total. The summed E-state index contributed by atoms with van der Waals surface area (Å²) in [6.45, 7) is 5.31. The Hall–Kier alpha value is -3.16. The van der Waals surface area contributed by atoms with Crippen LogP contribution in [0.4, 0.5) is 0 Å². The minimum absolute atomic E-state index is 0.184. The van der Waals surface area contributed by atoms with Crippen molar-refractivity contribution in [1.29, 1.82) is 0 Å². The van der Waals surface area contributed by atoms with E-state index in [2.05, 4.69) is 20.8 Å². The van der Waals surface area contributed by atoms with Crippen LogP contribution in [0.3, 0.4) is 0 Å². The number of aromatic hydroxyl groups is 1. The summed E-state index contributed by atoms with van der Waals surface area (Å²) in [4.78, 5) is 27.4. The molecule has 0 fully saturated rings. The lowest BCUT2D eigenvalue weighted by atomic mass is 10.1. The van der Waals surface area contributed by atoms with Gasteiger partial charge in [-0.3, -0.25) is 14.6 Å². The van der Waals surface area contributed by atoms with Gasteiger partial charge in [-0.1, -0.05) is 44.2 Å². The van der Waals surface area contributed by atoms with Gasteiger partial charge in [-0.2, -0.15) is 14.6 Å². The van der Waals surface area contributed by atoms with E-state index in [4.69, 9.17) is 0 Å². The van der Waals surface area contributed by atoms with Crippen molar-refractivity contribution in [1.82, 2.24) is 19.6 Å². The van der Waals surface area contributed by atoms with Gasteiger partial charge in [0.25, 0.3) is 5.56 Å². The average molecular weight is 317 g/mol. The largest absolute Gasteiger partial charge is 0.493 e. The summed E-state index contributed by atoms with van der Waals surface area (Å²) in [5.74, 6) is -0.334. The van der Waals surface area contributed by atoms with Crippen LogP contribution in [0.15, 0.2) is 41.5 Å². The minimum Gasteiger partial charge on any atom is -0.493 e. The predicted molar refractivity (Wildman–Crippen MR) is 86.9 cm³/mol. The van der Waals surface area contributed by atoms with Crippen molar-refractivity contribution in [3.8, 4) is 17.0 Å². The number of amides is 1. The number of primary amides is 1. The van der Waals surface area contributed by atoms with Gasteiger partial charge in [0, 0.05) is 6.92 Å². The Balaban J connectivity index is 0.000000388. The highest BCUT2D eigenvalue weighted by Crippen LogP contribution is 2.24. The third kappa shape index (κ3) is 4.40. The smallest absolute Gasteiger partial charge is 0.264 e. The highest BCUT2D eigenvalue weighted by molar-refractivity contribution is 5.70. The lowest BCUT2D eigenvalue weighted by Crippen LogP contribution is -2.12. The van der Waals surface area contributed by atoms with E-state index in [0.717, 1.165) is 0 Å². The van der Waals surface area contributed by atoms with Crippen LogP contribution in [0, 0.1) is 0 Å². The van der Waals surface area contributed by atoms with Crippen LogP contribution >= 0.6 is 0 Å². The minimum atomic E-state index is -0.394. The molecule has 2 heterocycles. The van der Waals surface area contributed by atoms with Crippen LogP contribution in [0.1, 0.15) is 20.8 Å². The molecule has 0 radical (unpaired) electrons. The molecule has 0 saturated carbocycles. The molecule has 122 valence electrons. The maximum absolute atomic E-state index is 11.9. The van der Waals surface area contributed by atoms with E-state index in [1.165, 1.54) is 17.8 Å². The Morgan fingerprint density at radius 3 is 2.39 bits per heavy atom. The monoisotopic (exact) mass is 317 g/mol. The molecule has 23 heavy (non-hydrogen) atoms. The quantitative estimate of drug-likeness (QED) is 0.623. The van der Waals surface area contributed by atoms with Gasteiger partial charge in [0.2, 0.25) is 17.6 Å². The fourth-order valence-corrected chi connectivity index (χ4v) is 1.72. The summed E-state index contributed by atoms with van der Waals surface area (Å²) in [6, 6.07) is 8.91. The fourth-order valence-electron chi connectivity index (χ4n) is 1.72. The molecule has 3 aromatic rings. The summed E-state index contributed by atoms with van der Waals surface area (Å²) >= 11 is 0. The first-order valence-corrected chi connectivity index (χ1v) is 6.97. The molecular formula is C15H19N5O3. The Morgan fingerprint density at radius 2 is 1.83 bits per heavy atom. The molecule has 8 nitrogen and oxygen atoms in total. The first-order valence-electron chi connectivity index (χ1n) is 6.97. The lowest BCUT2D eigenvalue weighted by Gasteiger charge is -2.04. The maximum Gasteiger partial charge on any atom is 0.264 e. The number of aromatic nitrogens is 4. The topological polar surface area (TPSA) is 126 Å². The van der Waals surface area contributed by atoms with Gasteiger partial charge >= 0.3 is 0 Å². The maximum atomic E-state index is 11.9. The van der Waals surface area contributed by atoms with Gasteiger partial charge in [0.1, 0.15) is 11.9 Å². The molecule has 0 unspecified atom stereocenters. The summed E-state index contributed by atoms with van der Waals surface area (Å²) in [7, 11) is 0. The van der Waals surface area contributed by atoms with Crippen molar-refractivity contribution in [2.75, 3.05) is 0 Å². The number of H-pyrrole nitrogens is 1. The van der Waals surface area contributed by atoms with E-state index in [-0.39, 0.29) is 23.1 Å². The number of hydrogen-bond acceptors (Lipinski definition) is 5. The number of benzene rings is 1. The number of nitrogens with two attached hydrogens (primary N) is 1. The summed E-state index contributed by atoms with van der Waals surface area (Å²) < 4.78 is 1.18. The van der Waals surface area contributed by atoms with E-state index >= 15 is 0 Å². The zero-order valence-electron chi connectivity index (χ0n) is 13.1. The molecule has 8 heteroatoms. The molecular weight excluding hydrogens is 298 g/mol. The molecule has 0 aliphatic carbocycles. The van der Waals surface area contributed by atoms with Gasteiger partial charge in [-0.15, -0.1) is 0 Å². The van der Waals surface area contributed by atoms with Crippen LogP contribution < -0.4 is 11.3 Å². The van der Waals surface area contributed by atoms with Crippen molar-refractivity contribution >= 4 is 11.7 Å². The van der Waals surface area contributed by atoms with E-state index in [9.17, 15) is 14.7 Å². The molecule has 1 amide bonds. The molecule has 0 saturated heterocycles. The Morgan fingerprint density at radius 1 is 1.26 bits per heavy atom. The zero-order chi connectivity index (χ0) is 17.4. The van der Waals surface area contributed by atoms with Gasteiger partial charge in [0.15, 0.2) is 0 Å². The number of carbonyl (C=O) groups excluding carboxylic acids is 1. The molecule has 0 spiro atoms. The summed E-state index contributed by atoms with van der Waals surface area (Å²) in [6.07, 6.45) is 1.26. The molecule has 0 aliphatic heterocycles. The van der Waals surface area contributed by atoms with E-state index in [1.54, 1.807) is 24.3 Å². The number of carbonyl (C=O) groups is 1. The second-order valence-electron chi connectivity index (χ2n) is 4.12. The van der Waals surface area contributed by atoms with E-state index < -0.39 is 5.56 Å². The second-order valence-corrected chi connectivity index (χ2v) is 4.12. The second kappa shape index (κ2) is 8.32. The van der Waals surface area contributed by atoms with Crippen LogP contribution in [0.2, 0.25) is 0 Å². The van der Waals surface area contributed by atoms with Crippen LogP contribution in [0.5, 0.6) is 5.88 Å². The van der Waals surface area contributed by atoms with Crippen molar-refractivity contribution in [3.05, 3.63) is 47.0 Å². The molecule has 0 bridgehead atoms. The van der Waals surface area contributed by atoms with Crippen molar-refractivity contribution in [2.45, 2.75) is 20.8 Å². The Kier molecular flexibility index (Phi) is 6.47. The Labute approximate surface area is 132 Å². The van der Waals surface area contributed by atoms with E-state index in [0.29, 0.717) is 5.56 Å². The van der Waals surface area contributed by atoms with Crippen LogP contribution in [-0.2, 0) is 4.79 Å².